The zero-order chi connectivity index (χ0) is 15.8. The van der Waals surface area contributed by atoms with E-state index in [0.29, 0.717) is 0 Å². The summed E-state index contributed by atoms with van der Waals surface area (Å²) < 4.78 is 33.3. The first-order chi connectivity index (χ1) is 10.2. The van der Waals surface area contributed by atoms with Crippen LogP contribution in [0.25, 0.3) is 0 Å². The summed E-state index contributed by atoms with van der Waals surface area (Å²) in [6.07, 6.45) is 0. The van der Waals surface area contributed by atoms with E-state index in [4.69, 9.17) is 26.6 Å². The molecule has 9 heteroatoms. The van der Waals surface area contributed by atoms with Gasteiger partial charge in [0.1, 0.15) is 0 Å². The van der Waals surface area contributed by atoms with Crippen LogP contribution in [0.1, 0.15) is 0 Å². The SMILES string of the molecule is CO[SiH](OC)c1cccc([SiH](OC)OC)c1[SiH](OC)OC. The fraction of sp³-hybridized carbons (Fsp3) is 0.500. The summed E-state index contributed by atoms with van der Waals surface area (Å²) in [6, 6.07) is 6.00. The van der Waals surface area contributed by atoms with Gasteiger partial charge < -0.3 is 26.6 Å². The van der Waals surface area contributed by atoms with Gasteiger partial charge in [-0.1, -0.05) is 18.2 Å². The molecule has 6 nitrogen and oxygen atoms in total. The monoisotopic (exact) mass is 348 g/mol. The topological polar surface area (TPSA) is 55.4 Å². The van der Waals surface area contributed by atoms with E-state index in [1.54, 1.807) is 42.7 Å². The number of rotatable bonds is 9. The van der Waals surface area contributed by atoms with Crippen molar-refractivity contribution in [2.24, 2.45) is 0 Å². The van der Waals surface area contributed by atoms with Gasteiger partial charge in [0.15, 0.2) is 0 Å². The summed E-state index contributed by atoms with van der Waals surface area (Å²) >= 11 is 0. The van der Waals surface area contributed by atoms with Crippen LogP contribution >= 0.6 is 0 Å². The van der Waals surface area contributed by atoms with Gasteiger partial charge in [0.2, 0.25) is 0 Å². The Bertz CT molecular complexity index is 391. The van der Waals surface area contributed by atoms with Gasteiger partial charge in [-0.25, -0.2) is 0 Å². The van der Waals surface area contributed by atoms with Crippen molar-refractivity contribution in [3.05, 3.63) is 18.2 Å². The molecule has 0 atom stereocenters. The number of hydrogen-bond donors (Lipinski definition) is 0. The van der Waals surface area contributed by atoms with E-state index in [2.05, 4.69) is 0 Å². The lowest BCUT2D eigenvalue weighted by molar-refractivity contribution is 0.285. The highest BCUT2D eigenvalue weighted by atomic mass is 28.3. The van der Waals surface area contributed by atoms with Crippen molar-refractivity contribution in [3.8, 4) is 0 Å². The zero-order valence-corrected chi connectivity index (χ0v) is 16.9. The van der Waals surface area contributed by atoms with E-state index >= 15 is 0 Å². The van der Waals surface area contributed by atoms with Gasteiger partial charge in [0.05, 0.1) is 0 Å². The Morgan fingerprint density at radius 3 is 1.19 bits per heavy atom. The second-order valence-electron chi connectivity index (χ2n) is 4.26. The molecule has 0 saturated carbocycles. The smallest absolute Gasteiger partial charge is 0.355 e. The highest BCUT2D eigenvalue weighted by Crippen LogP contribution is 1.96. The molecule has 21 heavy (non-hydrogen) atoms. The van der Waals surface area contributed by atoms with Gasteiger partial charge in [-0.2, -0.15) is 0 Å². The van der Waals surface area contributed by atoms with Crippen LogP contribution in [0.15, 0.2) is 18.2 Å². The normalized spacial score (nSPS) is 11.9. The number of benzene rings is 1. The highest BCUT2D eigenvalue weighted by Gasteiger charge is 2.31. The van der Waals surface area contributed by atoms with Crippen molar-refractivity contribution in [2.45, 2.75) is 0 Å². The third-order valence-electron chi connectivity index (χ3n) is 3.20. The molecule has 0 heterocycles. The Hall–Kier alpha value is -0.369. The Kier molecular flexibility index (Phi) is 8.55. The van der Waals surface area contributed by atoms with Crippen molar-refractivity contribution >= 4 is 43.4 Å². The van der Waals surface area contributed by atoms with E-state index in [-0.39, 0.29) is 0 Å². The fourth-order valence-electron chi connectivity index (χ4n) is 2.32. The van der Waals surface area contributed by atoms with Crippen molar-refractivity contribution in [1.29, 1.82) is 0 Å². The molecule has 0 aliphatic rings. The summed E-state index contributed by atoms with van der Waals surface area (Å²) in [5.41, 5.74) is 0. The van der Waals surface area contributed by atoms with Crippen LogP contribution in [0.3, 0.4) is 0 Å². The predicted molar refractivity (Wildman–Crippen MR) is 88.8 cm³/mol. The van der Waals surface area contributed by atoms with Crippen LogP contribution < -0.4 is 15.6 Å². The highest BCUT2D eigenvalue weighted by molar-refractivity contribution is 6.80. The summed E-state index contributed by atoms with van der Waals surface area (Å²) in [5, 5.41) is 3.09. The van der Waals surface area contributed by atoms with Gasteiger partial charge in [0.25, 0.3) is 0 Å². The second kappa shape index (κ2) is 9.61. The molecular formula is C12H24O6Si3. The second-order valence-corrected chi connectivity index (χ2v) is 10.9. The van der Waals surface area contributed by atoms with Gasteiger partial charge in [-0.3, -0.25) is 0 Å². The predicted octanol–water partition coefficient (Wildman–Crippen LogP) is -2.15. The molecule has 0 amide bonds. The molecule has 1 aromatic carbocycles. The maximum Gasteiger partial charge on any atom is 0.355 e. The lowest BCUT2D eigenvalue weighted by Crippen LogP contribution is -2.62. The summed E-state index contributed by atoms with van der Waals surface area (Å²) in [4.78, 5) is 0. The van der Waals surface area contributed by atoms with Gasteiger partial charge >= 0.3 is 27.9 Å². The Morgan fingerprint density at radius 2 is 0.905 bits per heavy atom. The van der Waals surface area contributed by atoms with Crippen LogP contribution in [0.5, 0.6) is 0 Å². The Labute approximate surface area is 131 Å². The molecule has 1 aromatic rings. The van der Waals surface area contributed by atoms with Crippen LogP contribution in [0.2, 0.25) is 0 Å². The van der Waals surface area contributed by atoms with Crippen molar-refractivity contribution < 1.29 is 26.6 Å². The molecule has 0 saturated heterocycles. The average Bonchev–Trinajstić information content (AvgIpc) is 2.52. The number of hydrogen-bond acceptors (Lipinski definition) is 6. The first-order valence-electron chi connectivity index (χ1n) is 6.47. The van der Waals surface area contributed by atoms with Gasteiger partial charge in [-0.15, -0.1) is 0 Å². The molecule has 0 bridgehead atoms. The molecule has 0 radical (unpaired) electrons. The summed E-state index contributed by atoms with van der Waals surface area (Å²) in [6.45, 7) is 0. The fourth-order valence-corrected chi connectivity index (χ4v) is 8.30. The maximum absolute atomic E-state index is 5.58. The Morgan fingerprint density at radius 1 is 0.571 bits per heavy atom. The first-order valence-corrected chi connectivity index (χ1v) is 11.0. The standard InChI is InChI=1S/C12H24O6Si3/c1-13-19(14-2)10-8-7-9-11(20(15-3)16-4)12(10)21(17-5)18-6/h7-9,19-21H,1-6H3. The molecule has 0 unspecified atom stereocenters. The quantitative estimate of drug-likeness (QED) is 0.474. The van der Waals surface area contributed by atoms with Crippen LogP contribution in [0.4, 0.5) is 0 Å². The first kappa shape index (κ1) is 18.7. The molecular weight excluding hydrogens is 324 g/mol. The van der Waals surface area contributed by atoms with E-state index in [1.165, 1.54) is 0 Å². The van der Waals surface area contributed by atoms with Gasteiger partial charge in [0, 0.05) is 42.7 Å². The molecule has 0 spiro atoms. The molecule has 0 N–H and O–H groups in total. The molecule has 0 fully saturated rings. The van der Waals surface area contributed by atoms with Crippen molar-refractivity contribution in [2.75, 3.05) is 42.7 Å². The van der Waals surface area contributed by atoms with Crippen molar-refractivity contribution in [3.63, 3.8) is 0 Å². The summed E-state index contributed by atoms with van der Waals surface area (Å²) in [7, 11) is 3.96. The summed E-state index contributed by atoms with van der Waals surface area (Å²) in [5.74, 6) is 0. The molecule has 0 aromatic heterocycles. The van der Waals surface area contributed by atoms with Crippen LogP contribution in [-0.4, -0.2) is 70.5 Å². The van der Waals surface area contributed by atoms with Crippen molar-refractivity contribution in [1.82, 2.24) is 0 Å². The van der Waals surface area contributed by atoms with Gasteiger partial charge in [-0.05, 0) is 15.6 Å². The average molecular weight is 349 g/mol. The third kappa shape index (κ3) is 4.31. The lowest BCUT2D eigenvalue weighted by Gasteiger charge is -2.24. The molecule has 120 valence electrons. The zero-order valence-electron chi connectivity index (χ0n) is 13.4. The minimum atomic E-state index is -2.05. The molecule has 0 aliphatic heterocycles. The van der Waals surface area contributed by atoms with Crippen LogP contribution in [-0.2, 0) is 26.6 Å². The minimum Gasteiger partial charge on any atom is -0.397 e. The van der Waals surface area contributed by atoms with E-state index in [0.717, 1.165) is 15.6 Å². The van der Waals surface area contributed by atoms with E-state index < -0.39 is 27.9 Å². The maximum atomic E-state index is 5.58. The minimum absolute atomic E-state index is 1.03. The molecule has 0 aliphatic carbocycles. The molecule has 1 rings (SSSR count). The van der Waals surface area contributed by atoms with E-state index in [1.807, 2.05) is 18.2 Å². The third-order valence-corrected chi connectivity index (χ3v) is 9.60. The van der Waals surface area contributed by atoms with Crippen LogP contribution in [0, 0.1) is 0 Å². The largest absolute Gasteiger partial charge is 0.397 e. The Balaban J connectivity index is 3.46. The lowest BCUT2D eigenvalue weighted by atomic mass is 10.3. The van der Waals surface area contributed by atoms with E-state index in [9.17, 15) is 0 Å².